The maximum Gasteiger partial charge on any atom is 0.178 e. The highest BCUT2D eigenvalue weighted by Gasteiger charge is 2.06. The molecule has 0 N–H and O–H groups in total. The zero-order chi connectivity index (χ0) is 9.26. The molecule has 0 aromatic carbocycles. The van der Waals surface area contributed by atoms with Crippen LogP contribution in [0, 0.1) is 8.83 Å². The molecular weight excluding hydrogens is 304 g/mol. The summed E-state index contributed by atoms with van der Waals surface area (Å²) in [6.45, 7) is 0. The van der Waals surface area contributed by atoms with Crippen molar-refractivity contribution in [3.8, 4) is 10.7 Å². The average Bonchev–Trinajstić information content (AvgIpc) is 2.52. The Labute approximate surface area is 91.2 Å². The van der Waals surface area contributed by atoms with E-state index in [1.165, 1.54) is 29.7 Å². The second kappa shape index (κ2) is 3.62. The fourth-order valence-electron chi connectivity index (χ4n) is 0.831. The Bertz CT molecular complexity index is 431. The number of hydrogen-bond donors (Lipinski definition) is 0. The zero-order valence-corrected chi connectivity index (χ0v) is 9.21. The van der Waals surface area contributed by atoms with Crippen molar-refractivity contribution < 1.29 is 4.39 Å². The maximum atomic E-state index is 12.8. The summed E-state index contributed by atoms with van der Waals surface area (Å²) >= 11 is 3.44. The molecular formula is C7H3FIN3S. The standard InChI is InChI=1S/C7H3FIN3S/c8-4-1-2-10-5(3-4)6-11-12-7(9)13-6/h1-3H. The van der Waals surface area contributed by atoms with Gasteiger partial charge in [-0.25, -0.2) is 4.39 Å². The molecule has 0 unspecified atom stereocenters. The van der Waals surface area contributed by atoms with E-state index in [2.05, 4.69) is 37.8 Å². The molecule has 3 nitrogen and oxygen atoms in total. The zero-order valence-electron chi connectivity index (χ0n) is 6.24. The van der Waals surface area contributed by atoms with Gasteiger partial charge in [0, 0.05) is 12.3 Å². The molecule has 0 radical (unpaired) electrons. The lowest BCUT2D eigenvalue weighted by Gasteiger charge is -1.92. The lowest BCUT2D eigenvalue weighted by Crippen LogP contribution is -1.83. The molecule has 0 aliphatic carbocycles. The third-order valence-electron chi connectivity index (χ3n) is 1.34. The molecule has 0 spiro atoms. The Balaban J connectivity index is 2.46. The van der Waals surface area contributed by atoms with E-state index in [1.807, 2.05) is 0 Å². The van der Waals surface area contributed by atoms with Gasteiger partial charge in [0.05, 0.1) is 0 Å². The summed E-state index contributed by atoms with van der Waals surface area (Å²) in [5.74, 6) is -0.310. The van der Waals surface area contributed by atoms with Gasteiger partial charge in [0.1, 0.15) is 11.5 Å². The molecule has 6 heteroatoms. The first-order chi connectivity index (χ1) is 6.25. The molecule has 0 fully saturated rings. The molecule has 0 saturated carbocycles. The van der Waals surface area contributed by atoms with Crippen LogP contribution >= 0.6 is 33.9 Å². The number of rotatable bonds is 1. The van der Waals surface area contributed by atoms with Gasteiger partial charge in [-0.05, 0) is 28.7 Å². The van der Waals surface area contributed by atoms with Crippen molar-refractivity contribution in [3.63, 3.8) is 0 Å². The van der Waals surface area contributed by atoms with Crippen LogP contribution in [0.5, 0.6) is 0 Å². The molecule has 2 rings (SSSR count). The van der Waals surface area contributed by atoms with Gasteiger partial charge in [0.2, 0.25) is 0 Å². The molecule has 0 bridgehead atoms. The van der Waals surface area contributed by atoms with Gasteiger partial charge in [-0.15, -0.1) is 10.2 Å². The second-order valence-corrected chi connectivity index (χ2v) is 4.95. The van der Waals surface area contributed by atoms with E-state index in [9.17, 15) is 4.39 Å². The minimum absolute atomic E-state index is 0.310. The lowest BCUT2D eigenvalue weighted by molar-refractivity contribution is 0.626. The molecule has 0 atom stereocenters. The Hall–Kier alpha value is -0.630. The summed E-state index contributed by atoms with van der Waals surface area (Å²) in [5.41, 5.74) is 0.528. The molecule has 66 valence electrons. The molecule has 0 aliphatic heterocycles. The van der Waals surface area contributed by atoms with E-state index < -0.39 is 0 Å². The first kappa shape index (κ1) is 8.95. The summed E-state index contributed by atoms with van der Waals surface area (Å²) in [5, 5.41) is 8.32. The lowest BCUT2D eigenvalue weighted by atomic mass is 10.3. The Morgan fingerprint density at radius 1 is 1.38 bits per heavy atom. The van der Waals surface area contributed by atoms with Gasteiger partial charge in [0.15, 0.2) is 8.02 Å². The first-order valence-electron chi connectivity index (χ1n) is 3.36. The van der Waals surface area contributed by atoms with Crippen LogP contribution in [0.25, 0.3) is 10.7 Å². The summed E-state index contributed by atoms with van der Waals surface area (Å²) in [4.78, 5) is 3.99. The van der Waals surface area contributed by atoms with Gasteiger partial charge in [-0.1, -0.05) is 11.3 Å². The Morgan fingerprint density at radius 3 is 2.85 bits per heavy atom. The molecule has 2 heterocycles. The second-order valence-electron chi connectivity index (χ2n) is 2.22. The molecule has 13 heavy (non-hydrogen) atoms. The number of halogens is 2. The van der Waals surface area contributed by atoms with Crippen LogP contribution < -0.4 is 0 Å². The quantitative estimate of drug-likeness (QED) is 0.759. The van der Waals surface area contributed by atoms with Crippen LogP contribution in [-0.2, 0) is 0 Å². The Morgan fingerprint density at radius 2 is 2.23 bits per heavy atom. The van der Waals surface area contributed by atoms with E-state index in [1.54, 1.807) is 0 Å². The fourth-order valence-corrected chi connectivity index (χ4v) is 2.10. The van der Waals surface area contributed by atoms with Gasteiger partial charge in [-0.3, -0.25) is 4.98 Å². The Kier molecular flexibility index (Phi) is 2.49. The van der Waals surface area contributed by atoms with Crippen LogP contribution in [0.2, 0.25) is 0 Å². The number of pyridine rings is 1. The molecule has 0 amide bonds. The van der Waals surface area contributed by atoms with Gasteiger partial charge < -0.3 is 0 Å². The summed E-state index contributed by atoms with van der Waals surface area (Å²) < 4.78 is 13.6. The maximum absolute atomic E-state index is 12.8. The predicted molar refractivity (Wildman–Crippen MR) is 55.8 cm³/mol. The van der Waals surface area contributed by atoms with Crippen molar-refractivity contribution in [2.75, 3.05) is 0 Å². The van der Waals surface area contributed by atoms with Gasteiger partial charge in [-0.2, -0.15) is 0 Å². The van der Waals surface area contributed by atoms with Crippen LogP contribution in [0.4, 0.5) is 4.39 Å². The molecule has 2 aromatic rings. The van der Waals surface area contributed by atoms with Crippen molar-refractivity contribution in [2.24, 2.45) is 0 Å². The highest BCUT2D eigenvalue weighted by molar-refractivity contribution is 14.1. The van der Waals surface area contributed by atoms with Crippen molar-refractivity contribution in [1.82, 2.24) is 15.2 Å². The highest BCUT2D eigenvalue weighted by atomic mass is 127. The largest absolute Gasteiger partial charge is 0.253 e. The van der Waals surface area contributed by atoms with Crippen molar-refractivity contribution in [3.05, 3.63) is 27.2 Å². The number of hydrogen-bond acceptors (Lipinski definition) is 4. The molecule has 0 aliphatic rings. The van der Waals surface area contributed by atoms with Crippen molar-refractivity contribution in [2.45, 2.75) is 0 Å². The van der Waals surface area contributed by atoms with Crippen LogP contribution in [-0.4, -0.2) is 15.2 Å². The minimum atomic E-state index is -0.310. The van der Waals surface area contributed by atoms with E-state index in [4.69, 9.17) is 0 Å². The van der Waals surface area contributed by atoms with Crippen molar-refractivity contribution in [1.29, 1.82) is 0 Å². The third kappa shape index (κ3) is 1.99. The SMILES string of the molecule is Fc1ccnc(-c2nnc(I)s2)c1. The number of aromatic nitrogens is 3. The summed E-state index contributed by atoms with van der Waals surface area (Å²) in [6.07, 6.45) is 1.42. The summed E-state index contributed by atoms with van der Waals surface area (Å²) in [7, 11) is 0. The van der Waals surface area contributed by atoms with Gasteiger partial charge in [0.25, 0.3) is 0 Å². The van der Waals surface area contributed by atoms with E-state index in [-0.39, 0.29) is 5.82 Å². The van der Waals surface area contributed by atoms with E-state index in [0.717, 1.165) is 3.01 Å². The topological polar surface area (TPSA) is 38.7 Å². The van der Waals surface area contributed by atoms with Crippen LogP contribution in [0.15, 0.2) is 18.3 Å². The molecule has 0 saturated heterocycles. The smallest absolute Gasteiger partial charge is 0.178 e. The highest BCUT2D eigenvalue weighted by Crippen LogP contribution is 2.22. The van der Waals surface area contributed by atoms with E-state index >= 15 is 0 Å². The first-order valence-corrected chi connectivity index (χ1v) is 5.26. The van der Waals surface area contributed by atoms with Crippen LogP contribution in [0.1, 0.15) is 0 Å². The van der Waals surface area contributed by atoms with Gasteiger partial charge >= 0.3 is 0 Å². The third-order valence-corrected chi connectivity index (χ3v) is 2.95. The average molecular weight is 307 g/mol. The predicted octanol–water partition coefficient (Wildman–Crippen LogP) is 2.34. The van der Waals surface area contributed by atoms with Crippen molar-refractivity contribution >= 4 is 33.9 Å². The monoisotopic (exact) mass is 307 g/mol. The summed E-state index contributed by atoms with van der Waals surface area (Å²) in [6, 6.07) is 2.64. The van der Waals surface area contributed by atoms with Crippen LogP contribution in [0.3, 0.4) is 0 Å². The normalized spacial score (nSPS) is 10.3. The molecule has 2 aromatic heterocycles. The number of nitrogens with zero attached hydrogens (tertiary/aromatic N) is 3. The fraction of sp³-hybridized carbons (Fsp3) is 0. The minimum Gasteiger partial charge on any atom is -0.253 e. The van der Waals surface area contributed by atoms with E-state index in [0.29, 0.717) is 10.7 Å².